The van der Waals surface area contributed by atoms with Gasteiger partial charge in [-0.2, -0.15) is 0 Å². The molecule has 0 amide bonds. The van der Waals surface area contributed by atoms with Gasteiger partial charge in [0, 0.05) is 12.1 Å². The van der Waals surface area contributed by atoms with Gasteiger partial charge >= 0.3 is 0 Å². The normalized spacial score (nSPS) is 12.8. The van der Waals surface area contributed by atoms with Gasteiger partial charge in [0.25, 0.3) is 0 Å². The van der Waals surface area contributed by atoms with Crippen LogP contribution < -0.4 is 5.32 Å². The second-order valence-corrected chi connectivity index (χ2v) is 8.46. The molecule has 0 saturated carbocycles. The minimum absolute atomic E-state index is 0.152. The summed E-state index contributed by atoms with van der Waals surface area (Å²) >= 11 is 2.94. The van der Waals surface area contributed by atoms with Crippen molar-refractivity contribution < 1.29 is 4.79 Å². The van der Waals surface area contributed by atoms with Gasteiger partial charge in [-0.15, -0.1) is 10.2 Å². The molecule has 1 heterocycles. The number of rotatable bonds is 7. The number of Topliss-reactive ketones (excluding diaryl/α,β-unsaturated/α-hetero) is 1. The molecule has 0 spiro atoms. The number of carbonyl (C=O) groups is 1. The molecule has 1 aromatic heterocycles. The molecule has 4 rings (SSSR count). The number of nitrogens with zero attached hydrogens (tertiary/aromatic N) is 2. The third kappa shape index (κ3) is 4.14. The Morgan fingerprint density at radius 2 is 1.92 bits per heavy atom. The van der Waals surface area contributed by atoms with Crippen LogP contribution in [0.25, 0.3) is 0 Å². The molecule has 2 aromatic carbocycles. The highest BCUT2D eigenvalue weighted by Crippen LogP contribution is 2.27. The Hall–Kier alpha value is -2.18. The summed E-state index contributed by atoms with van der Waals surface area (Å²) in [6.07, 6.45) is 3.43. The number of carbonyl (C=O) groups excluding carboxylic acids is 1. The van der Waals surface area contributed by atoms with Gasteiger partial charge in [-0.1, -0.05) is 65.6 Å². The van der Waals surface area contributed by atoms with Gasteiger partial charge in [-0.05, 0) is 42.0 Å². The molecule has 0 saturated heterocycles. The molecule has 0 fully saturated rings. The Morgan fingerprint density at radius 3 is 2.81 bits per heavy atom. The van der Waals surface area contributed by atoms with Crippen LogP contribution in [-0.4, -0.2) is 21.7 Å². The SMILES string of the molecule is O=C(CSc1nnc(NCc2ccccc2)s1)c1ccc2c(c1)CCC2. The van der Waals surface area contributed by atoms with E-state index >= 15 is 0 Å². The topological polar surface area (TPSA) is 54.9 Å². The van der Waals surface area contributed by atoms with E-state index in [0.717, 1.165) is 27.9 Å². The highest BCUT2D eigenvalue weighted by molar-refractivity contribution is 8.01. The second kappa shape index (κ2) is 8.01. The largest absolute Gasteiger partial charge is 0.356 e. The molecule has 1 aliphatic rings. The van der Waals surface area contributed by atoms with Gasteiger partial charge in [0.05, 0.1) is 5.75 Å². The molecule has 1 aliphatic carbocycles. The number of nitrogens with one attached hydrogen (secondary N) is 1. The number of aromatic nitrogens is 2. The van der Waals surface area contributed by atoms with Gasteiger partial charge in [0.1, 0.15) is 0 Å². The Morgan fingerprint density at radius 1 is 1.08 bits per heavy atom. The van der Waals surface area contributed by atoms with Crippen molar-refractivity contribution in [3.05, 3.63) is 70.8 Å². The Labute approximate surface area is 161 Å². The van der Waals surface area contributed by atoms with E-state index in [1.54, 1.807) is 0 Å². The van der Waals surface area contributed by atoms with Crippen LogP contribution in [0, 0.1) is 0 Å². The fourth-order valence-corrected chi connectivity index (χ4v) is 4.71. The van der Waals surface area contributed by atoms with E-state index in [-0.39, 0.29) is 5.78 Å². The van der Waals surface area contributed by atoms with Crippen LogP contribution in [0.4, 0.5) is 5.13 Å². The number of anilines is 1. The Balaban J connectivity index is 1.31. The molecule has 6 heteroatoms. The van der Waals surface area contributed by atoms with Crippen LogP contribution in [0.3, 0.4) is 0 Å². The molecule has 1 N–H and O–H groups in total. The highest BCUT2D eigenvalue weighted by atomic mass is 32.2. The van der Waals surface area contributed by atoms with Crippen LogP contribution in [0.15, 0.2) is 52.9 Å². The quantitative estimate of drug-likeness (QED) is 0.478. The van der Waals surface area contributed by atoms with E-state index in [2.05, 4.69) is 39.8 Å². The molecule has 4 nitrogen and oxygen atoms in total. The summed E-state index contributed by atoms with van der Waals surface area (Å²) in [5.74, 6) is 0.547. The fourth-order valence-electron chi connectivity index (χ4n) is 3.07. The maximum Gasteiger partial charge on any atom is 0.206 e. The van der Waals surface area contributed by atoms with Crippen LogP contribution in [-0.2, 0) is 19.4 Å². The Bertz CT molecular complexity index is 908. The molecule has 3 aromatic rings. The molecule has 0 unspecified atom stereocenters. The zero-order valence-electron chi connectivity index (χ0n) is 14.3. The number of hydrogen-bond acceptors (Lipinski definition) is 6. The lowest BCUT2D eigenvalue weighted by atomic mass is 10.0. The molecule has 0 aliphatic heterocycles. The summed E-state index contributed by atoms with van der Waals surface area (Å²) in [7, 11) is 0. The van der Waals surface area contributed by atoms with Gasteiger partial charge in [-0.25, -0.2) is 0 Å². The van der Waals surface area contributed by atoms with Crippen molar-refractivity contribution in [3.63, 3.8) is 0 Å². The van der Waals surface area contributed by atoms with Gasteiger partial charge in [-0.3, -0.25) is 4.79 Å². The van der Waals surface area contributed by atoms with Crippen molar-refractivity contribution in [2.75, 3.05) is 11.1 Å². The number of benzene rings is 2. The van der Waals surface area contributed by atoms with Crippen LogP contribution in [0.2, 0.25) is 0 Å². The fraction of sp³-hybridized carbons (Fsp3) is 0.250. The summed E-state index contributed by atoms with van der Waals surface area (Å²) in [6, 6.07) is 16.3. The molecule has 0 bridgehead atoms. The van der Waals surface area contributed by atoms with E-state index in [1.807, 2.05) is 24.3 Å². The smallest absolute Gasteiger partial charge is 0.206 e. The van der Waals surface area contributed by atoms with E-state index in [0.29, 0.717) is 12.3 Å². The van der Waals surface area contributed by atoms with E-state index < -0.39 is 0 Å². The van der Waals surface area contributed by atoms with Crippen molar-refractivity contribution in [2.24, 2.45) is 0 Å². The van der Waals surface area contributed by atoms with Crippen LogP contribution >= 0.6 is 23.1 Å². The number of thioether (sulfide) groups is 1. The first-order valence-corrected chi connectivity index (χ1v) is 10.5. The number of fused-ring (bicyclic) bond motifs is 1. The third-order valence-corrected chi connectivity index (χ3v) is 6.45. The summed E-state index contributed by atoms with van der Waals surface area (Å²) < 4.78 is 0.815. The lowest BCUT2D eigenvalue weighted by Gasteiger charge is -2.03. The second-order valence-electron chi connectivity index (χ2n) is 6.26. The van der Waals surface area contributed by atoms with Gasteiger partial charge in [0.2, 0.25) is 5.13 Å². The molecule has 0 radical (unpaired) electrons. The lowest BCUT2D eigenvalue weighted by Crippen LogP contribution is -2.03. The predicted octanol–water partition coefficient (Wildman–Crippen LogP) is 4.61. The molecular formula is C20H19N3OS2. The summed E-state index contributed by atoms with van der Waals surface area (Å²) in [5, 5.41) is 12.4. The monoisotopic (exact) mass is 381 g/mol. The van der Waals surface area contributed by atoms with Crippen molar-refractivity contribution >= 4 is 34.0 Å². The first-order valence-electron chi connectivity index (χ1n) is 8.67. The lowest BCUT2D eigenvalue weighted by molar-refractivity contribution is 0.102. The van der Waals surface area contributed by atoms with Crippen LogP contribution in [0.1, 0.15) is 33.5 Å². The van der Waals surface area contributed by atoms with E-state index in [1.165, 1.54) is 46.2 Å². The number of aryl methyl sites for hydroxylation is 2. The standard InChI is InChI=1S/C20H19N3OS2/c24-18(17-10-9-15-7-4-8-16(15)11-17)13-25-20-23-22-19(26-20)21-12-14-5-2-1-3-6-14/h1-3,5-6,9-11H,4,7-8,12-13H2,(H,21,22). The summed E-state index contributed by atoms with van der Waals surface area (Å²) in [4.78, 5) is 12.5. The van der Waals surface area contributed by atoms with Gasteiger partial charge in [0.15, 0.2) is 10.1 Å². The molecule has 132 valence electrons. The molecule has 26 heavy (non-hydrogen) atoms. The predicted molar refractivity (Wildman–Crippen MR) is 107 cm³/mol. The number of ketones is 1. The highest BCUT2D eigenvalue weighted by Gasteiger charge is 2.15. The zero-order valence-corrected chi connectivity index (χ0v) is 15.9. The maximum atomic E-state index is 12.5. The zero-order chi connectivity index (χ0) is 17.8. The van der Waals surface area contributed by atoms with Crippen molar-refractivity contribution in [2.45, 2.75) is 30.1 Å². The number of hydrogen-bond donors (Lipinski definition) is 1. The summed E-state index contributed by atoms with van der Waals surface area (Å²) in [5.41, 5.74) is 4.74. The van der Waals surface area contributed by atoms with Crippen molar-refractivity contribution in [3.8, 4) is 0 Å². The van der Waals surface area contributed by atoms with Gasteiger partial charge < -0.3 is 5.32 Å². The minimum atomic E-state index is 0.152. The van der Waals surface area contributed by atoms with Crippen molar-refractivity contribution in [1.29, 1.82) is 0 Å². The average Bonchev–Trinajstić information content (AvgIpc) is 3.33. The molecular weight excluding hydrogens is 362 g/mol. The van der Waals surface area contributed by atoms with Crippen molar-refractivity contribution in [1.82, 2.24) is 10.2 Å². The van der Waals surface area contributed by atoms with E-state index in [9.17, 15) is 4.79 Å². The average molecular weight is 382 g/mol. The van der Waals surface area contributed by atoms with E-state index in [4.69, 9.17) is 0 Å². The summed E-state index contributed by atoms with van der Waals surface area (Å²) in [6.45, 7) is 0.716. The van der Waals surface area contributed by atoms with Crippen LogP contribution in [0.5, 0.6) is 0 Å². The third-order valence-electron chi connectivity index (χ3n) is 4.44. The maximum absolute atomic E-state index is 12.5. The molecule has 0 atom stereocenters. The first kappa shape index (κ1) is 17.2. The minimum Gasteiger partial charge on any atom is -0.356 e. The first-order chi connectivity index (χ1) is 12.8. The Kier molecular flexibility index (Phi) is 5.32.